The summed E-state index contributed by atoms with van der Waals surface area (Å²) in [6.45, 7) is 8.39. The molecule has 41 heavy (non-hydrogen) atoms. The van der Waals surface area contributed by atoms with Gasteiger partial charge < -0.3 is 19.7 Å². The molecule has 2 amide bonds. The molecule has 9 nitrogen and oxygen atoms in total. The number of unbranched alkanes of at least 4 members (excludes halogenated alkanes) is 5. The van der Waals surface area contributed by atoms with E-state index in [0.717, 1.165) is 60.9 Å². The Labute approximate surface area is 242 Å². The molecule has 2 aromatic heterocycles. The van der Waals surface area contributed by atoms with Crippen molar-refractivity contribution in [2.24, 2.45) is 0 Å². The molecule has 0 saturated carbocycles. The molecule has 1 atom stereocenters. The van der Waals surface area contributed by atoms with Crippen LogP contribution in [-0.4, -0.2) is 58.6 Å². The van der Waals surface area contributed by atoms with Crippen molar-refractivity contribution in [3.05, 3.63) is 58.6 Å². The lowest BCUT2D eigenvalue weighted by Crippen LogP contribution is -2.35. The van der Waals surface area contributed by atoms with E-state index < -0.39 is 17.0 Å². The molecule has 0 aromatic carbocycles. The van der Waals surface area contributed by atoms with E-state index in [9.17, 15) is 14.4 Å². The number of carbonyl (C=O) groups is 3. The molecule has 0 fully saturated rings. The van der Waals surface area contributed by atoms with E-state index in [1.807, 2.05) is 20.8 Å². The summed E-state index contributed by atoms with van der Waals surface area (Å²) in [6.07, 6.45) is 14.6. The van der Waals surface area contributed by atoms with Crippen molar-refractivity contribution in [3.8, 4) is 0 Å². The summed E-state index contributed by atoms with van der Waals surface area (Å²) >= 11 is 0. The quantitative estimate of drug-likeness (QED) is 0.270. The van der Waals surface area contributed by atoms with Gasteiger partial charge in [0.05, 0.1) is 17.6 Å². The van der Waals surface area contributed by atoms with Crippen LogP contribution in [0.1, 0.15) is 99.0 Å². The van der Waals surface area contributed by atoms with Crippen molar-refractivity contribution in [2.45, 2.75) is 90.1 Å². The highest BCUT2D eigenvalue weighted by molar-refractivity contribution is 6.06. The predicted molar refractivity (Wildman–Crippen MR) is 158 cm³/mol. The third kappa shape index (κ3) is 7.31. The normalized spacial score (nSPS) is 17.4. The number of nitrogens with zero attached hydrogens (tertiary/aromatic N) is 3. The summed E-state index contributed by atoms with van der Waals surface area (Å²) in [5.74, 6) is 0.122. The van der Waals surface area contributed by atoms with Gasteiger partial charge in [0.1, 0.15) is 11.4 Å². The van der Waals surface area contributed by atoms with E-state index in [2.05, 4.69) is 33.5 Å². The Morgan fingerprint density at radius 1 is 1.07 bits per heavy atom. The fraction of sp³-hybridized carbons (Fsp3) is 0.531. The zero-order chi connectivity index (χ0) is 29.6. The standard InChI is InChI=1S/C32H42N4O5/c1-6-40-28(37)24-17-23-18-32(19-26(23)33-21-24)25-16-22(20-34-27(25)35-29(32)38)14-12-10-8-7-9-11-13-15-36(5)30(39)41-31(2,3)4/h12,14,16-17,20-21H,6-11,13,15,18-19H2,1-5H3,(H,34,35,38)/b14-12+/t32-/m0/s1. The summed E-state index contributed by atoms with van der Waals surface area (Å²) in [7, 11) is 1.78. The predicted octanol–water partition coefficient (Wildman–Crippen LogP) is 5.86. The number of aromatic nitrogens is 2. The molecule has 0 bridgehead atoms. The van der Waals surface area contributed by atoms with E-state index in [1.54, 1.807) is 31.1 Å². The second-order valence-electron chi connectivity index (χ2n) is 12.0. The molecule has 1 spiro atoms. The maximum absolute atomic E-state index is 13.2. The van der Waals surface area contributed by atoms with Gasteiger partial charge in [0.25, 0.3) is 0 Å². The largest absolute Gasteiger partial charge is 0.462 e. The number of nitrogens with one attached hydrogen (secondary N) is 1. The first-order valence-electron chi connectivity index (χ1n) is 14.6. The zero-order valence-electron chi connectivity index (χ0n) is 24.9. The molecular formula is C32H42N4O5. The first-order valence-corrected chi connectivity index (χ1v) is 14.6. The molecule has 0 radical (unpaired) electrons. The number of amides is 2. The summed E-state index contributed by atoms with van der Waals surface area (Å²) in [5.41, 5.74) is 2.75. The lowest BCUT2D eigenvalue weighted by atomic mass is 9.79. The van der Waals surface area contributed by atoms with Gasteiger partial charge in [-0.3, -0.25) is 9.78 Å². The molecule has 3 heterocycles. The van der Waals surface area contributed by atoms with Crippen LogP contribution in [0, 0.1) is 0 Å². The van der Waals surface area contributed by atoms with Gasteiger partial charge in [-0.05, 0) is 76.6 Å². The van der Waals surface area contributed by atoms with Crippen LogP contribution in [0.2, 0.25) is 0 Å². The number of allylic oxidation sites excluding steroid dienone is 1. The van der Waals surface area contributed by atoms with Crippen LogP contribution in [-0.2, 0) is 32.5 Å². The second kappa shape index (κ2) is 12.8. The number of fused-ring (bicyclic) bond motifs is 3. The van der Waals surface area contributed by atoms with Crippen molar-refractivity contribution in [1.29, 1.82) is 0 Å². The number of rotatable bonds is 11. The number of esters is 1. The third-order valence-electron chi connectivity index (χ3n) is 7.50. The highest BCUT2D eigenvalue weighted by atomic mass is 16.6. The number of ether oxygens (including phenoxy) is 2. The van der Waals surface area contributed by atoms with Crippen LogP contribution in [0.5, 0.6) is 0 Å². The van der Waals surface area contributed by atoms with Crippen molar-refractivity contribution in [2.75, 3.05) is 25.5 Å². The minimum absolute atomic E-state index is 0.0749. The molecule has 1 aliphatic heterocycles. The van der Waals surface area contributed by atoms with Crippen LogP contribution in [0.3, 0.4) is 0 Å². The molecule has 0 unspecified atom stereocenters. The molecule has 0 saturated heterocycles. The highest BCUT2D eigenvalue weighted by Crippen LogP contribution is 2.46. The fourth-order valence-corrected chi connectivity index (χ4v) is 5.38. The molecule has 2 aliphatic rings. The van der Waals surface area contributed by atoms with Gasteiger partial charge in [0.2, 0.25) is 5.91 Å². The van der Waals surface area contributed by atoms with E-state index in [-0.39, 0.29) is 12.0 Å². The van der Waals surface area contributed by atoms with Gasteiger partial charge in [-0.25, -0.2) is 14.6 Å². The van der Waals surface area contributed by atoms with E-state index in [0.29, 0.717) is 37.4 Å². The molecule has 9 heteroatoms. The zero-order valence-corrected chi connectivity index (χ0v) is 24.9. The summed E-state index contributed by atoms with van der Waals surface area (Å²) in [4.78, 5) is 48.1. The number of hydrogen-bond donors (Lipinski definition) is 1. The Kier molecular flexibility index (Phi) is 9.46. The van der Waals surface area contributed by atoms with Crippen molar-refractivity contribution in [3.63, 3.8) is 0 Å². The Balaban J connectivity index is 1.25. The van der Waals surface area contributed by atoms with Gasteiger partial charge in [-0.15, -0.1) is 0 Å². The second-order valence-corrected chi connectivity index (χ2v) is 12.0. The van der Waals surface area contributed by atoms with Crippen LogP contribution in [0.4, 0.5) is 10.6 Å². The lowest BCUT2D eigenvalue weighted by Gasteiger charge is -2.24. The highest BCUT2D eigenvalue weighted by Gasteiger charge is 2.52. The molecular weight excluding hydrogens is 520 g/mol. The lowest BCUT2D eigenvalue weighted by molar-refractivity contribution is -0.120. The molecule has 1 N–H and O–H groups in total. The molecule has 2 aromatic rings. The SMILES string of the molecule is CCOC(=O)c1cnc2c(c1)C[C@@]1(C2)C(=O)Nc2ncc(/C=C/CCCCCCCN(C)C(=O)OC(C)(C)C)cc21. The van der Waals surface area contributed by atoms with Crippen molar-refractivity contribution < 1.29 is 23.9 Å². The molecule has 220 valence electrons. The van der Waals surface area contributed by atoms with Crippen molar-refractivity contribution in [1.82, 2.24) is 14.9 Å². The summed E-state index contributed by atoms with van der Waals surface area (Å²) in [6, 6.07) is 3.85. The van der Waals surface area contributed by atoms with Crippen LogP contribution in [0.15, 0.2) is 30.6 Å². The number of pyridine rings is 2. The average molecular weight is 563 g/mol. The van der Waals surface area contributed by atoms with Crippen LogP contribution < -0.4 is 5.32 Å². The summed E-state index contributed by atoms with van der Waals surface area (Å²) < 4.78 is 10.5. The topological polar surface area (TPSA) is 111 Å². The number of carbonyl (C=O) groups excluding carboxylic acids is 3. The smallest absolute Gasteiger partial charge is 0.410 e. The Hall–Kier alpha value is -3.75. The van der Waals surface area contributed by atoms with E-state index in [4.69, 9.17) is 9.47 Å². The maximum atomic E-state index is 13.2. The average Bonchev–Trinajstić information content (AvgIpc) is 3.43. The fourth-order valence-electron chi connectivity index (χ4n) is 5.38. The maximum Gasteiger partial charge on any atom is 0.410 e. The Bertz CT molecular complexity index is 1320. The van der Waals surface area contributed by atoms with Crippen LogP contribution >= 0.6 is 0 Å². The number of anilines is 1. The van der Waals surface area contributed by atoms with Gasteiger partial charge in [0.15, 0.2) is 0 Å². The molecule has 1 aliphatic carbocycles. The first kappa shape index (κ1) is 30.2. The minimum atomic E-state index is -0.758. The van der Waals surface area contributed by atoms with Crippen LogP contribution in [0.25, 0.3) is 6.08 Å². The van der Waals surface area contributed by atoms with Crippen molar-refractivity contribution >= 4 is 29.9 Å². The first-order chi connectivity index (χ1) is 19.5. The van der Waals surface area contributed by atoms with Gasteiger partial charge >= 0.3 is 12.1 Å². The molecule has 4 rings (SSSR count). The van der Waals surface area contributed by atoms with E-state index in [1.165, 1.54) is 6.20 Å². The van der Waals surface area contributed by atoms with E-state index >= 15 is 0 Å². The Morgan fingerprint density at radius 2 is 1.83 bits per heavy atom. The Morgan fingerprint density at radius 3 is 2.59 bits per heavy atom. The third-order valence-corrected chi connectivity index (χ3v) is 7.50. The minimum Gasteiger partial charge on any atom is -0.462 e. The monoisotopic (exact) mass is 562 g/mol. The number of hydrogen-bond acceptors (Lipinski definition) is 7. The van der Waals surface area contributed by atoms with Gasteiger partial charge in [-0.1, -0.05) is 31.4 Å². The summed E-state index contributed by atoms with van der Waals surface area (Å²) in [5, 5.41) is 2.95. The van der Waals surface area contributed by atoms with Gasteiger partial charge in [-0.2, -0.15) is 0 Å². The van der Waals surface area contributed by atoms with Gasteiger partial charge in [0, 0.05) is 43.7 Å².